The topological polar surface area (TPSA) is 70.2 Å². The minimum Gasteiger partial charge on any atom is -0.341 e. The molecule has 1 aromatic rings. The molecule has 5 nitrogen and oxygen atoms in total. The van der Waals surface area contributed by atoms with Crippen molar-refractivity contribution in [2.45, 2.75) is 38.5 Å². The molecule has 3 amide bonds. The number of nitrogens with one attached hydrogen (secondary N) is 3. The van der Waals surface area contributed by atoms with Gasteiger partial charge in [-0.15, -0.1) is 0 Å². The molecule has 0 aromatic heterocycles. The minimum absolute atomic E-state index is 0.0546. The zero-order valence-corrected chi connectivity index (χ0v) is 12.4. The molecular weight excluding hydrogens is 266 g/mol. The van der Waals surface area contributed by atoms with Crippen LogP contribution in [0, 0.1) is 5.92 Å². The summed E-state index contributed by atoms with van der Waals surface area (Å²) in [6, 6.07) is 6.90. The Hall–Kier alpha value is -2.04. The summed E-state index contributed by atoms with van der Waals surface area (Å²) in [7, 11) is 1.56. The first kappa shape index (κ1) is 15.4. The Labute approximate surface area is 125 Å². The van der Waals surface area contributed by atoms with Gasteiger partial charge in [0.15, 0.2) is 0 Å². The highest BCUT2D eigenvalue weighted by Gasteiger charge is 2.17. The van der Waals surface area contributed by atoms with Crippen molar-refractivity contribution in [3.63, 3.8) is 0 Å². The molecule has 0 bridgehead atoms. The van der Waals surface area contributed by atoms with Gasteiger partial charge in [0, 0.05) is 24.8 Å². The largest absolute Gasteiger partial charge is 0.341 e. The van der Waals surface area contributed by atoms with E-state index in [9.17, 15) is 9.59 Å². The fourth-order valence-corrected chi connectivity index (χ4v) is 2.73. The summed E-state index contributed by atoms with van der Waals surface area (Å²) in [4.78, 5) is 23.3. The highest BCUT2D eigenvalue weighted by atomic mass is 16.2. The lowest BCUT2D eigenvalue weighted by Crippen LogP contribution is -2.24. The summed E-state index contributed by atoms with van der Waals surface area (Å²) >= 11 is 0. The van der Waals surface area contributed by atoms with Crippen molar-refractivity contribution in [2.24, 2.45) is 5.92 Å². The van der Waals surface area contributed by atoms with Gasteiger partial charge in [0.05, 0.1) is 0 Å². The average Bonchev–Trinajstić information content (AvgIpc) is 2.48. The molecule has 1 saturated carbocycles. The number of anilines is 2. The number of carbonyl (C=O) groups is 2. The van der Waals surface area contributed by atoms with E-state index < -0.39 is 0 Å². The molecule has 0 heterocycles. The van der Waals surface area contributed by atoms with E-state index in [0.717, 1.165) is 12.8 Å². The maximum Gasteiger partial charge on any atom is 0.318 e. The maximum atomic E-state index is 12.1. The highest BCUT2D eigenvalue weighted by molar-refractivity contribution is 5.93. The lowest BCUT2D eigenvalue weighted by Gasteiger charge is -2.20. The third kappa shape index (κ3) is 5.10. The summed E-state index contributed by atoms with van der Waals surface area (Å²) in [6.45, 7) is 0. The van der Waals surface area contributed by atoms with Gasteiger partial charge in [0.2, 0.25) is 5.91 Å². The smallest absolute Gasteiger partial charge is 0.318 e. The molecule has 0 radical (unpaired) electrons. The summed E-state index contributed by atoms with van der Waals surface area (Å²) in [5, 5.41) is 8.09. The van der Waals surface area contributed by atoms with Gasteiger partial charge in [-0.05, 0) is 37.0 Å². The van der Waals surface area contributed by atoms with Crippen LogP contribution in [0.5, 0.6) is 0 Å². The molecule has 1 fully saturated rings. The van der Waals surface area contributed by atoms with E-state index in [1.165, 1.54) is 19.3 Å². The third-order valence-corrected chi connectivity index (χ3v) is 3.83. The predicted molar refractivity (Wildman–Crippen MR) is 84.3 cm³/mol. The summed E-state index contributed by atoms with van der Waals surface area (Å²) in [6.07, 6.45) is 6.68. The van der Waals surface area contributed by atoms with E-state index in [0.29, 0.717) is 23.7 Å². The molecule has 3 N–H and O–H groups in total. The Morgan fingerprint density at radius 2 is 1.76 bits per heavy atom. The van der Waals surface area contributed by atoms with Crippen molar-refractivity contribution in [3.05, 3.63) is 24.3 Å². The third-order valence-electron chi connectivity index (χ3n) is 3.83. The van der Waals surface area contributed by atoms with Crippen LogP contribution in [0.1, 0.15) is 38.5 Å². The second kappa shape index (κ2) is 7.67. The SMILES string of the molecule is CNC(=O)Nc1cccc(NC(=O)CC2CCCCC2)c1. The van der Waals surface area contributed by atoms with Gasteiger partial charge in [0.1, 0.15) is 0 Å². The molecule has 114 valence electrons. The van der Waals surface area contributed by atoms with Crippen LogP contribution in [0.3, 0.4) is 0 Å². The molecule has 0 unspecified atom stereocenters. The van der Waals surface area contributed by atoms with Crippen LogP contribution < -0.4 is 16.0 Å². The number of hydrogen-bond donors (Lipinski definition) is 3. The zero-order chi connectivity index (χ0) is 15.1. The number of carbonyl (C=O) groups excluding carboxylic acids is 2. The van der Waals surface area contributed by atoms with Crippen LogP contribution in [-0.2, 0) is 4.79 Å². The summed E-state index contributed by atoms with van der Waals surface area (Å²) in [5.74, 6) is 0.574. The molecule has 0 atom stereocenters. The lowest BCUT2D eigenvalue weighted by atomic mass is 9.87. The Balaban J connectivity index is 1.87. The first-order chi connectivity index (χ1) is 10.2. The van der Waals surface area contributed by atoms with E-state index in [-0.39, 0.29) is 11.9 Å². The van der Waals surface area contributed by atoms with Gasteiger partial charge in [-0.3, -0.25) is 4.79 Å². The van der Waals surface area contributed by atoms with Gasteiger partial charge >= 0.3 is 6.03 Å². The minimum atomic E-state index is -0.277. The predicted octanol–water partition coefficient (Wildman–Crippen LogP) is 3.35. The molecule has 2 rings (SSSR count). The van der Waals surface area contributed by atoms with Crippen molar-refractivity contribution < 1.29 is 9.59 Å². The second-order valence-corrected chi connectivity index (χ2v) is 5.54. The van der Waals surface area contributed by atoms with Crippen LogP contribution in [0.4, 0.5) is 16.2 Å². The molecule has 0 saturated heterocycles. The van der Waals surface area contributed by atoms with Gasteiger partial charge in [-0.1, -0.05) is 25.3 Å². The standard InChI is InChI=1S/C16H23N3O2/c1-17-16(21)19-14-9-5-8-13(11-14)18-15(20)10-12-6-3-2-4-7-12/h5,8-9,11-12H,2-4,6-7,10H2,1H3,(H,18,20)(H2,17,19,21). The molecule has 5 heteroatoms. The van der Waals surface area contributed by atoms with Gasteiger partial charge < -0.3 is 16.0 Å². The quantitative estimate of drug-likeness (QED) is 0.795. The number of hydrogen-bond acceptors (Lipinski definition) is 2. The van der Waals surface area contributed by atoms with E-state index in [1.807, 2.05) is 12.1 Å². The van der Waals surface area contributed by atoms with Crippen LogP contribution in [-0.4, -0.2) is 19.0 Å². The molecule has 21 heavy (non-hydrogen) atoms. The van der Waals surface area contributed by atoms with Crippen molar-refractivity contribution >= 4 is 23.3 Å². The first-order valence-corrected chi connectivity index (χ1v) is 7.56. The highest BCUT2D eigenvalue weighted by Crippen LogP contribution is 2.26. The normalized spacial score (nSPS) is 15.3. The Morgan fingerprint density at radius 1 is 1.10 bits per heavy atom. The monoisotopic (exact) mass is 289 g/mol. The van der Waals surface area contributed by atoms with Crippen LogP contribution in [0.15, 0.2) is 24.3 Å². The summed E-state index contributed by atoms with van der Waals surface area (Å²) < 4.78 is 0. The number of urea groups is 1. The maximum absolute atomic E-state index is 12.1. The van der Waals surface area contributed by atoms with Gasteiger partial charge in [-0.25, -0.2) is 4.79 Å². The Bertz CT molecular complexity index is 496. The van der Waals surface area contributed by atoms with Crippen molar-refractivity contribution in [1.29, 1.82) is 0 Å². The first-order valence-electron chi connectivity index (χ1n) is 7.56. The molecule has 1 aliphatic rings. The molecule has 1 aromatic carbocycles. The number of rotatable bonds is 4. The fraction of sp³-hybridized carbons (Fsp3) is 0.500. The molecule has 0 spiro atoms. The van der Waals surface area contributed by atoms with Crippen LogP contribution in [0.25, 0.3) is 0 Å². The summed E-state index contributed by atoms with van der Waals surface area (Å²) in [5.41, 5.74) is 1.37. The number of amides is 3. The molecule has 1 aliphatic carbocycles. The second-order valence-electron chi connectivity index (χ2n) is 5.54. The fourth-order valence-electron chi connectivity index (χ4n) is 2.73. The van der Waals surface area contributed by atoms with Crippen molar-refractivity contribution in [2.75, 3.05) is 17.7 Å². The zero-order valence-electron chi connectivity index (χ0n) is 12.4. The van der Waals surface area contributed by atoms with E-state index in [2.05, 4.69) is 16.0 Å². The van der Waals surface area contributed by atoms with E-state index >= 15 is 0 Å². The van der Waals surface area contributed by atoms with Gasteiger partial charge in [0.25, 0.3) is 0 Å². The lowest BCUT2D eigenvalue weighted by molar-refractivity contribution is -0.117. The Kier molecular flexibility index (Phi) is 5.60. The van der Waals surface area contributed by atoms with E-state index in [1.54, 1.807) is 19.2 Å². The molecular formula is C16H23N3O2. The van der Waals surface area contributed by atoms with Crippen molar-refractivity contribution in [3.8, 4) is 0 Å². The van der Waals surface area contributed by atoms with Crippen LogP contribution >= 0.6 is 0 Å². The Morgan fingerprint density at radius 3 is 2.43 bits per heavy atom. The van der Waals surface area contributed by atoms with Crippen molar-refractivity contribution in [1.82, 2.24) is 5.32 Å². The molecule has 0 aliphatic heterocycles. The van der Waals surface area contributed by atoms with Crippen LogP contribution in [0.2, 0.25) is 0 Å². The van der Waals surface area contributed by atoms with E-state index in [4.69, 9.17) is 0 Å². The average molecular weight is 289 g/mol. The van der Waals surface area contributed by atoms with Gasteiger partial charge in [-0.2, -0.15) is 0 Å². The number of benzene rings is 1.